The maximum Gasteiger partial charge on any atom is 0.224 e. The molecule has 3 nitrogen and oxygen atoms in total. The molecule has 5 heteroatoms. The van der Waals surface area contributed by atoms with Gasteiger partial charge in [0.1, 0.15) is 0 Å². The number of amides is 1. The number of fused-ring (bicyclic) bond motifs is 1. The molecule has 1 unspecified atom stereocenters. The minimum absolute atomic E-state index is 0. The largest absolute Gasteiger partial charge is 0.355 e. The van der Waals surface area contributed by atoms with Crippen molar-refractivity contribution >= 4 is 39.7 Å². The van der Waals surface area contributed by atoms with E-state index < -0.39 is 0 Å². The van der Waals surface area contributed by atoms with Gasteiger partial charge < -0.3 is 10.6 Å². The average molecular weight is 325 g/mol. The van der Waals surface area contributed by atoms with Crippen molar-refractivity contribution in [1.82, 2.24) is 10.6 Å². The maximum absolute atomic E-state index is 12.0. The van der Waals surface area contributed by atoms with Crippen molar-refractivity contribution in [2.45, 2.75) is 19.3 Å². The molecule has 0 aliphatic carbocycles. The lowest BCUT2D eigenvalue weighted by atomic mass is 9.99. The second-order valence-corrected chi connectivity index (χ2v) is 6.25. The molecule has 1 amide bonds. The second-order valence-electron chi connectivity index (χ2n) is 5.34. The van der Waals surface area contributed by atoms with Crippen LogP contribution in [0.15, 0.2) is 29.6 Å². The summed E-state index contributed by atoms with van der Waals surface area (Å²) in [4.78, 5) is 12.0. The van der Waals surface area contributed by atoms with Gasteiger partial charge in [0.2, 0.25) is 5.91 Å². The Morgan fingerprint density at radius 2 is 2.24 bits per heavy atom. The zero-order valence-corrected chi connectivity index (χ0v) is 13.6. The second kappa shape index (κ2) is 7.78. The molecule has 1 aromatic heterocycles. The predicted molar refractivity (Wildman–Crippen MR) is 91.4 cm³/mol. The molecule has 1 aliphatic rings. The van der Waals surface area contributed by atoms with E-state index in [2.05, 4.69) is 40.3 Å². The number of carbonyl (C=O) groups excluding carboxylic acids is 1. The fourth-order valence-electron chi connectivity index (χ4n) is 2.77. The summed E-state index contributed by atoms with van der Waals surface area (Å²) >= 11 is 1.78. The molecule has 3 rings (SSSR count). The van der Waals surface area contributed by atoms with E-state index in [9.17, 15) is 4.79 Å². The van der Waals surface area contributed by atoms with E-state index in [4.69, 9.17) is 0 Å². The quantitative estimate of drug-likeness (QED) is 0.907. The Bertz CT molecular complexity index is 593. The topological polar surface area (TPSA) is 41.1 Å². The van der Waals surface area contributed by atoms with Crippen LogP contribution in [0.5, 0.6) is 0 Å². The highest BCUT2D eigenvalue weighted by Gasteiger charge is 2.20. The number of hydrogen-bond acceptors (Lipinski definition) is 3. The molecule has 1 atom stereocenters. The van der Waals surface area contributed by atoms with Crippen molar-refractivity contribution < 1.29 is 4.79 Å². The average Bonchev–Trinajstić information content (AvgIpc) is 2.92. The number of rotatable bonds is 4. The summed E-state index contributed by atoms with van der Waals surface area (Å²) in [6.07, 6.45) is 3.03. The fraction of sp³-hybridized carbons (Fsp3) is 0.438. The van der Waals surface area contributed by atoms with Gasteiger partial charge in [0.25, 0.3) is 0 Å². The Labute approximate surface area is 135 Å². The number of nitrogens with one attached hydrogen (secondary N) is 2. The number of benzene rings is 1. The van der Waals surface area contributed by atoms with Gasteiger partial charge in [-0.2, -0.15) is 0 Å². The summed E-state index contributed by atoms with van der Waals surface area (Å²) in [5.41, 5.74) is 1.34. The normalized spacial score (nSPS) is 18.2. The van der Waals surface area contributed by atoms with E-state index in [-0.39, 0.29) is 24.2 Å². The van der Waals surface area contributed by atoms with Crippen LogP contribution < -0.4 is 10.6 Å². The van der Waals surface area contributed by atoms with Crippen LogP contribution in [0.1, 0.15) is 18.4 Å². The third kappa shape index (κ3) is 3.96. The van der Waals surface area contributed by atoms with Crippen LogP contribution in [0.3, 0.4) is 0 Å². The van der Waals surface area contributed by atoms with E-state index in [0.29, 0.717) is 0 Å². The van der Waals surface area contributed by atoms with Crippen LogP contribution in [0.2, 0.25) is 0 Å². The molecule has 0 bridgehead atoms. The monoisotopic (exact) mass is 324 g/mol. The van der Waals surface area contributed by atoms with Crippen molar-refractivity contribution in [1.29, 1.82) is 0 Å². The standard InChI is InChI=1S/C16H20N2OS.ClH/c19-16(12-4-3-8-17-10-12)18-9-7-13-11-20-15-6-2-1-5-14(13)15;/h1-2,5-6,11-12,17H,3-4,7-10H2,(H,18,19);1H. The van der Waals surface area contributed by atoms with Gasteiger partial charge in [-0.05, 0) is 48.2 Å². The number of hydrogen-bond donors (Lipinski definition) is 2. The highest BCUT2D eigenvalue weighted by molar-refractivity contribution is 7.17. The summed E-state index contributed by atoms with van der Waals surface area (Å²) in [5.74, 6) is 0.361. The number of halogens is 1. The summed E-state index contributed by atoms with van der Waals surface area (Å²) in [7, 11) is 0. The molecule has 2 N–H and O–H groups in total. The molecular weight excluding hydrogens is 304 g/mol. The number of thiophene rings is 1. The van der Waals surface area contributed by atoms with Gasteiger partial charge in [-0.1, -0.05) is 18.2 Å². The zero-order valence-electron chi connectivity index (χ0n) is 11.9. The van der Waals surface area contributed by atoms with E-state index in [1.54, 1.807) is 11.3 Å². The summed E-state index contributed by atoms with van der Waals surface area (Å²) in [6.45, 7) is 2.61. The molecule has 0 radical (unpaired) electrons. The lowest BCUT2D eigenvalue weighted by Crippen LogP contribution is -2.41. The third-order valence-corrected chi connectivity index (χ3v) is 4.93. The van der Waals surface area contributed by atoms with E-state index in [1.165, 1.54) is 15.6 Å². The minimum Gasteiger partial charge on any atom is -0.355 e. The Morgan fingerprint density at radius 3 is 3.05 bits per heavy atom. The zero-order chi connectivity index (χ0) is 13.8. The molecule has 1 aliphatic heterocycles. The minimum atomic E-state index is 0. The summed E-state index contributed by atoms with van der Waals surface area (Å²) < 4.78 is 1.32. The van der Waals surface area contributed by atoms with Gasteiger partial charge in [-0.25, -0.2) is 0 Å². The van der Waals surface area contributed by atoms with Crippen molar-refractivity contribution in [3.05, 3.63) is 35.2 Å². The molecule has 2 aromatic rings. The van der Waals surface area contributed by atoms with Gasteiger partial charge in [0, 0.05) is 17.8 Å². The third-order valence-electron chi connectivity index (χ3n) is 3.92. The van der Waals surface area contributed by atoms with Gasteiger partial charge in [0.15, 0.2) is 0 Å². The summed E-state index contributed by atoms with van der Waals surface area (Å²) in [5, 5.41) is 9.90. The lowest BCUT2D eigenvalue weighted by Gasteiger charge is -2.21. The Hall–Kier alpha value is -1.10. The van der Waals surface area contributed by atoms with Gasteiger partial charge in [0.05, 0.1) is 5.92 Å². The van der Waals surface area contributed by atoms with E-state index in [1.807, 2.05) is 0 Å². The first kappa shape index (κ1) is 16.3. The molecule has 1 fully saturated rings. The first-order chi connectivity index (χ1) is 9.84. The van der Waals surface area contributed by atoms with Gasteiger partial charge in [-0.15, -0.1) is 23.7 Å². The Balaban J connectivity index is 0.00000161. The molecule has 21 heavy (non-hydrogen) atoms. The van der Waals surface area contributed by atoms with Crippen LogP contribution in [0.25, 0.3) is 10.1 Å². The van der Waals surface area contributed by atoms with Crippen molar-refractivity contribution in [3.63, 3.8) is 0 Å². The van der Waals surface area contributed by atoms with E-state index >= 15 is 0 Å². The molecule has 0 saturated carbocycles. The molecule has 0 spiro atoms. The molecule has 2 heterocycles. The molecule has 1 saturated heterocycles. The number of carbonyl (C=O) groups is 1. The van der Waals surface area contributed by atoms with Crippen LogP contribution in [0.4, 0.5) is 0 Å². The fourth-order valence-corrected chi connectivity index (χ4v) is 3.76. The lowest BCUT2D eigenvalue weighted by molar-refractivity contribution is -0.125. The van der Waals surface area contributed by atoms with E-state index in [0.717, 1.165) is 38.9 Å². The highest BCUT2D eigenvalue weighted by atomic mass is 35.5. The van der Waals surface area contributed by atoms with Crippen LogP contribution in [-0.2, 0) is 11.2 Å². The predicted octanol–water partition coefficient (Wildman–Crippen LogP) is 2.98. The number of piperidine rings is 1. The molecular formula is C16H21ClN2OS. The van der Waals surface area contributed by atoms with Gasteiger partial charge >= 0.3 is 0 Å². The van der Waals surface area contributed by atoms with Crippen LogP contribution in [0, 0.1) is 5.92 Å². The maximum atomic E-state index is 12.0. The van der Waals surface area contributed by atoms with Crippen LogP contribution in [-0.4, -0.2) is 25.5 Å². The Kier molecular flexibility index (Phi) is 6.03. The van der Waals surface area contributed by atoms with Crippen LogP contribution >= 0.6 is 23.7 Å². The SMILES string of the molecule is Cl.O=C(NCCc1csc2ccccc12)C1CCCNC1. The molecule has 1 aromatic carbocycles. The van der Waals surface area contributed by atoms with Crippen molar-refractivity contribution in [2.24, 2.45) is 5.92 Å². The highest BCUT2D eigenvalue weighted by Crippen LogP contribution is 2.25. The first-order valence-corrected chi connectivity index (χ1v) is 8.16. The van der Waals surface area contributed by atoms with Crippen molar-refractivity contribution in [3.8, 4) is 0 Å². The Morgan fingerprint density at radius 1 is 1.38 bits per heavy atom. The van der Waals surface area contributed by atoms with Gasteiger partial charge in [-0.3, -0.25) is 4.79 Å². The smallest absolute Gasteiger partial charge is 0.224 e. The molecule has 114 valence electrons. The van der Waals surface area contributed by atoms with Crippen molar-refractivity contribution in [2.75, 3.05) is 19.6 Å². The first-order valence-electron chi connectivity index (χ1n) is 7.28. The summed E-state index contributed by atoms with van der Waals surface area (Å²) in [6, 6.07) is 8.45.